The summed E-state index contributed by atoms with van der Waals surface area (Å²) in [6.07, 6.45) is 6.30. The molecule has 0 aliphatic heterocycles. The Hall–Kier alpha value is -1.56. The minimum atomic E-state index is -0.137. The van der Waals surface area contributed by atoms with Crippen LogP contribution in [-0.2, 0) is 0 Å². The lowest BCUT2D eigenvalue weighted by molar-refractivity contribution is 0.501. The van der Waals surface area contributed by atoms with Gasteiger partial charge in [0.2, 0.25) is 0 Å². The van der Waals surface area contributed by atoms with Gasteiger partial charge in [0.15, 0.2) is 0 Å². The van der Waals surface area contributed by atoms with Gasteiger partial charge < -0.3 is 4.57 Å². The Balaban J connectivity index is 2.44. The second-order valence-electron chi connectivity index (χ2n) is 3.68. The van der Waals surface area contributed by atoms with E-state index in [2.05, 4.69) is 0 Å². The summed E-state index contributed by atoms with van der Waals surface area (Å²) in [6.45, 7) is 0. The fraction of sp³-hybridized carbons (Fsp3) is 0.455. The first-order valence-corrected chi connectivity index (χ1v) is 4.94. The molecule has 2 rings (SSSR count). The highest BCUT2D eigenvalue weighted by atomic mass is 16.1. The van der Waals surface area contributed by atoms with Gasteiger partial charge >= 0.3 is 0 Å². The quantitative estimate of drug-likeness (QED) is 0.675. The Morgan fingerprint density at radius 3 is 2.79 bits per heavy atom. The molecular formula is C11H12N2O. The summed E-state index contributed by atoms with van der Waals surface area (Å²) in [4.78, 5) is 11.7. The Labute approximate surface area is 82.6 Å². The van der Waals surface area contributed by atoms with Gasteiger partial charge in [0.05, 0.1) is 0 Å². The first-order valence-electron chi connectivity index (χ1n) is 4.94. The van der Waals surface area contributed by atoms with Gasteiger partial charge in [-0.05, 0) is 25.0 Å². The smallest absolute Gasteiger partial charge is 0.268 e. The second-order valence-corrected chi connectivity index (χ2v) is 3.68. The van der Waals surface area contributed by atoms with Crippen LogP contribution in [0.4, 0.5) is 0 Å². The van der Waals surface area contributed by atoms with Gasteiger partial charge in [0.1, 0.15) is 11.6 Å². The summed E-state index contributed by atoms with van der Waals surface area (Å²) in [7, 11) is 0. The normalized spacial score (nSPS) is 16.8. The highest BCUT2D eigenvalue weighted by Gasteiger charge is 2.18. The van der Waals surface area contributed by atoms with E-state index in [4.69, 9.17) is 5.26 Å². The fourth-order valence-corrected chi connectivity index (χ4v) is 2.07. The van der Waals surface area contributed by atoms with Crippen LogP contribution >= 0.6 is 0 Å². The lowest BCUT2D eigenvalue weighted by Gasteiger charge is -2.12. The van der Waals surface area contributed by atoms with Crippen LogP contribution in [-0.4, -0.2) is 4.57 Å². The first kappa shape index (κ1) is 9.01. The van der Waals surface area contributed by atoms with E-state index in [9.17, 15) is 4.79 Å². The molecule has 0 bridgehead atoms. The Morgan fingerprint density at radius 2 is 2.14 bits per heavy atom. The van der Waals surface area contributed by atoms with Crippen LogP contribution in [0.3, 0.4) is 0 Å². The standard InChI is InChI=1S/C11H12N2O/c12-8-9-4-3-7-13(11(9)14)10-5-1-2-6-10/h3-4,7,10H,1-2,5-6H2. The van der Waals surface area contributed by atoms with Crippen LogP contribution in [0.15, 0.2) is 23.1 Å². The highest BCUT2D eigenvalue weighted by Crippen LogP contribution is 2.27. The van der Waals surface area contributed by atoms with Crippen LogP contribution in [0.2, 0.25) is 0 Å². The van der Waals surface area contributed by atoms with E-state index in [1.54, 1.807) is 22.9 Å². The molecule has 1 aromatic heterocycles. The summed E-state index contributed by atoms with van der Waals surface area (Å²) in [5.41, 5.74) is 0.112. The van der Waals surface area contributed by atoms with Crippen LogP contribution in [0.25, 0.3) is 0 Å². The van der Waals surface area contributed by atoms with E-state index >= 15 is 0 Å². The molecule has 1 heterocycles. The predicted octanol–water partition coefficient (Wildman–Crippen LogP) is 1.84. The van der Waals surface area contributed by atoms with Crippen molar-refractivity contribution in [3.8, 4) is 6.07 Å². The molecule has 1 aliphatic rings. The van der Waals surface area contributed by atoms with Gasteiger partial charge in [-0.1, -0.05) is 12.8 Å². The van der Waals surface area contributed by atoms with Crippen molar-refractivity contribution >= 4 is 0 Å². The zero-order valence-corrected chi connectivity index (χ0v) is 7.94. The van der Waals surface area contributed by atoms with Crippen molar-refractivity contribution in [3.63, 3.8) is 0 Å². The average molecular weight is 188 g/mol. The van der Waals surface area contributed by atoms with Gasteiger partial charge in [-0.25, -0.2) is 0 Å². The molecule has 0 atom stereocenters. The Morgan fingerprint density at radius 1 is 1.43 bits per heavy atom. The number of hydrogen-bond donors (Lipinski definition) is 0. The third kappa shape index (κ3) is 1.44. The van der Waals surface area contributed by atoms with Crippen LogP contribution in [0, 0.1) is 11.3 Å². The van der Waals surface area contributed by atoms with Gasteiger partial charge in [-0.15, -0.1) is 0 Å². The van der Waals surface area contributed by atoms with E-state index in [-0.39, 0.29) is 11.1 Å². The molecule has 3 heteroatoms. The SMILES string of the molecule is N#Cc1cccn(C2CCCC2)c1=O. The van der Waals surface area contributed by atoms with Crippen molar-refractivity contribution in [2.75, 3.05) is 0 Å². The third-order valence-corrected chi connectivity index (χ3v) is 2.81. The second kappa shape index (κ2) is 3.67. The molecule has 0 N–H and O–H groups in total. The lowest BCUT2D eigenvalue weighted by Crippen LogP contribution is -2.24. The molecular weight excluding hydrogens is 176 g/mol. The molecule has 1 saturated carbocycles. The topological polar surface area (TPSA) is 45.8 Å². The van der Waals surface area contributed by atoms with Crippen molar-refractivity contribution in [2.24, 2.45) is 0 Å². The van der Waals surface area contributed by atoms with Crippen LogP contribution in [0.1, 0.15) is 37.3 Å². The van der Waals surface area contributed by atoms with E-state index in [0.717, 1.165) is 12.8 Å². The molecule has 0 aromatic carbocycles. The molecule has 1 fully saturated rings. The number of aromatic nitrogens is 1. The summed E-state index contributed by atoms with van der Waals surface area (Å²) in [5.74, 6) is 0. The van der Waals surface area contributed by atoms with Gasteiger partial charge in [0, 0.05) is 12.2 Å². The maximum Gasteiger partial charge on any atom is 0.268 e. The molecule has 0 saturated heterocycles. The summed E-state index contributed by atoms with van der Waals surface area (Å²) < 4.78 is 1.71. The number of rotatable bonds is 1. The summed E-state index contributed by atoms with van der Waals surface area (Å²) >= 11 is 0. The minimum absolute atomic E-state index is 0.137. The average Bonchev–Trinajstić information content (AvgIpc) is 2.71. The van der Waals surface area contributed by atoms with E-state index in [1.165, 1.54) is 12.8 Å². The largest absolute Gasteiger partial charge is 0.311 e. The minimum Gasteiger partial charge on any atom is -0.311 e. The van der Waals surface area contributed by atoms with Gasteiger partial charge in [-0.3, -0.25) is 4.79 Å². The fourth-order valence-electron chi connectivity index (χ4n) is 2.07. The molecule has 0 amide bonds. The monoisotopic (exact) mass is 188 g/mol. The molecule has 0 unspecified atom stereocenters. The number of nitrogens with zero attached hydrogens (tertiary/aromatic N) is 2. The number of nitriles is 1. The molecule has 1 aliphatic carbocycles. The molecule has 3 nitrogen and oxygen atoms in total. The summed E-state index contributed by atoms with van der Waals surface area (Å²) in [5, 5.41) is 8.72. The molecule has 72 valence electrons. The molecule has 14 heavy (non-hydrogen) atoms. The van der Waals surface area contributed by atoms with Crippen molar-refractivity contribution in [3.05, 3.63) is 34.2 Å². The zero-order chi connectivity index (χ0) is 9.97. The van der Waals surface area contributed by atoms with E-state index < -0.39 is 0 Å². The maximum absolute atomic E-state index is 11.7. The Kier molecular flexibility index (Phi) is 2.36. The maximum atomic E-state index is 11.7. The van der Waals surface area contributed by atoms with Crippen molar-refractivity contribution in [1.29, 1.82) is 5.26 Å². The predicted molar refractivity (Wildman–Crippen MR) is 52.9 cm³/mol. The van der Waals surface area contributed by atoms with Gasteiger partial charge in [-0.2, -0.15) is 5.26 Å². The summed E-state index contributed by atoms with van der Waals surface area (Å²) in [6, 6.07) is 5.59. The van der Waals surface area contributed by atoms with Crippen LogP contribution < -0.4 is 5.56 Å². The third-order valence-electron chi connectivity index (χ3n) is 2.81. The van der Waals surface area contributed by atoms with Gasteiger partial charge in [0.25, 0.3) is 5.56 Å². The van der Waals surface area contributed by atoms with Crippen molar-refractivity contribution in [1.82, 2.24) is 4.57 Å². The lowest BCUT2D eigenvalue weighted by atomic mass is 10.2. The highest BCUT2D eigenvalue weighted by molar-refractivity contribution is 5.25. The molecule has 0 spiro atoms. The van der Waals surface area contributed by atoms with E-state index in [0.29, 0.717) is 6.04 Å². The number of pyridine rings is 1. The Bertz CT molecular complexity index is 422. The molecule has 1 aromatic rings. The first-order chi connectivity index (χ1) is 6.83. The van der Waals surface area contributed by atoms with Crippen molar-refractivity contribution < 1.29 is 0 Å². The molecule has 0 radical (unpaired) electrons. The number of hydrogen-bond acceptors (Lipinski definition) is 2. The van der Waals surface area contributed by atoms with E-state index in [1.807, 2.05) is 6.07 Å². The zero-order valence-electron chi connectivity index (χ0n) is 7.94. The van der Waals surface area contributed by atoms with Crippen LogP contribution in [0.5, 0.6) is 0 Å². The van der Waals surface area contributed by atoms with Crippen molar-refractivity contribution in [2.45, 2.75) is 31.7 Å².